The zero-order valence-electron chi connectivity index (χ0n) is 52.4. The van der Waals surface area contributed by atoms with Crippen molar-refractivity contribution in [1.29, 1.82) is 0 Å². The van der Waals surface area contributed by atoms with Crippen molar-refractivity contribution in [3.05, 3.63) is 352 Å². The highest BCUT2D eigenvalue weighted by Crippen LogP contribution is 2.54. The van der Waals surface area contributed by atoms with Crippen molar-refractivity contribution in [2.45, 2.75) is 0 Å². The third-order valence-corrected chi connectivity index (χ3v) is 20.6. The third-order valence-electron chi connectivity index (χ3n) is 20.6. The summed E-state index contributed by atoms with van der Waals surface area (Å²) < 4.78 is 2.53. The van der Waals surface area contributed by atoms with Gasteiger partial charge in [0.1, 0.15) is 0 Å². The van der Waals surface area contributed by atoms with E-state index in [9.17, 15) is 0 Å². The molecule has 0 aliphatic carbocycles. The Hall–Kier alpha value is -12.5. The number of nitrogens with zero attached hydrogens (tertiary/aromatic N) is 3. The minimum absolute atomic E-state index is 0.262. The fourth-order valence-corrected chi connectivity index (χ4v) is 16.6. The van der Waals surface area contributed by atoms with Crippen LogP contribution in [0.1, 0.15) is 0 Å². The molecule has 0 amide bonds. The maximum Gasteiger partial charge on any atom is 0.252 e. The highest BCUT2D eigenvalue weighted by molar-refractivity contribution is 7.00. The molecule has 0 saturated heterocycles. The Bertz CT molecular complexity index is 5950. The molecule has 3 nitrogen and oxygen atoms in total. The molecule has 17 aromatic carbocycles. The molecule has 2 aliphatic heterocycles. The lowest BCUT2D eigenvalue weighted by Crippen LogP contribution is -2.61. The van der Waals surface area contributed by atoms with Gasteiger partial charge >= 0.3 is 0 Å². The normalized spacial score (nSPS) is 12.5. The van der Waals surface area contributed by atoms with Crippen LogP contribution in [0.3, 0.4) is 0 Å². The van der Waals surface area contributed by atoms with Crippen molar-refractivity contribution in [3.63, 3.8) is 0 Å². The molecule has 0 radical (unpaired) electrons. The van der Waals surface area contributed by atoms with Gasteiger partial charge < -0.3 is 14.4 Å². The van der Waals surface area contributed by atoms with Crippen molar-refractivity contribution >= 4 is 122 Å². The lowest BCUT2D eigenvalue weighted by Gasteiger charge is -2.46. The summed E-state index contributed by atoms with van der Waals surface area (Å²) >= 11 is 0. The Labute approximate surface area is 557 Å². The van der Waals surface area contributed by atoms with Gasteiger partial charge in [-0.2, -0.15) is 0 Å². The van der Waals surface area contributed by atoms with Crippen LogP contribution < -0.4 is 26.2 Å². The molecule has 18 aromatic rings. The molecule has 20 rings (SSSR count). The summed E-state index contributed by atoms with van der Waals surface area (Å²) in [5.74, 6) is 0. The summed E-state index contributed by atoms with van der Waals surface area (Å²) in [5, 5.41) is 12.7. The molecular weight excluding hydrogens is 1160 g/mol. The fraction of sp³-hybridized carbons (Fsp3) is 0. The molecule has 0 unspecified atom stereocenters. The van der Waals surface area contributed by atoms with Gasteiger partial charge in [-0.15, -0.1) is 0 Å². The first-order valence-corrected chi connectivity index (χ1v) is 33.3. The van der Waals surface area contributed by atoms with Gasteiger partial charge in [0.15, 0.2) is 0 Å². The van der Waals surface area contributed by atoms with E-state index in [2.05, 4.69) is 366 Å². The van der Waals surface area contributed by atoms with Crippen molar-refractivity contribution in [1.82, 2.24) is 4.57 Å². The van der Waals surface area contributed by atoms with Crippen molar-refractivity contribution in [2.24, 2.45) is 0 Å². The molecule has 4 heteroatoms. The van der Waals surface area contributed by atoms with Crippen molar-refractivity contribution in [3.8, 4) is 72.4 Å². The summed E-state index contributed by atoms with van der Waals surface area (Å²) in [5.41, 5.74) is 27.6. The molecule has 0 saturated carbocycles. The van der Waals surface area contributed by atoms with Crippen LogP contribution in [0.4, 0.5) is 34.1 Å². The van der Waals surface area contributed by atoms with Gasteiger partial charge in [-0.25, -0.2) is 0 Å². The zero-order valence-corrected chi connectivity index (χ0v) is 52.4. The van der Waals surface area contributed by atoms with Crippen LogP contribution in [0.5, 0.6) is 0 Å². The lowest BCUT2D eigenvalue weighted by atomic mass is 9.33. The topological polar surface area (TPSA) is 11.4 Å². The van der Waals surface area contributed by atoms with Crippen LogP contribution in [-0.2, 0) is 0 Å². The van der Waals surface area contributed by atoms with Gasteiger partial charge in [-0.05, 0) is 153 Å². The van der Waals surface area contributed by atoms with E-state index in [0.717, 1.165) is 95.4 Å². The standard InChI is InChI=1S/C92H58BN3/c1-6-25-59(26-7-1)65-49-51-84-80(55-65)93-81-56-66(68-53-67-37-22-45-77-76-44-20-35-64-36-21-46-78(88(64)76)79(54-68)89(67)77)50-52-85(81)96(92-72(62-31-12-4-13-32-62)42-24-43-73(92)63-33-14-5-15-34-63)87-58-69(94-82-47-18-16-38-74(82)75-39-17-19-48-83(75)94)57-86(90(87)93)95(84)91-70(60-27-8-2-9-28-60)40-23-41-71(91)61-29-10-3-11-30-61/h1-58H. The average molecular weight is 1220 g/mol. The third kappa shape index (κ3) is 8.22. The fourth-order valence-electron chi connectivity index (χ4n) is 16.6. The van der Waals surface area contributed by atoms with Gasteiger partial charge in [-0.3, -0.25) is 0 Å². The first-order chi connectivity index (χ1) is 47.7. The molecule has 444 valence electrons. The summed E-state index contributed by atoms with van der Waals surface area (Å²) in [6.45, 7) is -0.262. The molecule has 0 fully saturated rings. The predicted molar refractivity (Wildman–Crippen MR) is 409 cm³/mol. The number of fused-ring (bicyclic) bond motifs is 9. The molecule has 2 aliphatic rings. The number of hydrogen-bond acceptors (Lipinski definition) is 2. The quantitative estimate of drug-likeness (QED) is 0.0811. The number of benzene rings is 17. The van der Waals surface area contributed by atoms with Gasteiger partial charge in [-0.1, -0.05) is 303 Å². The smallest absolute Gasteiger partial charge is 0.252 e. The van der Waals surface area contributed by atoms with E-state index in [1.54, 1.807) is 0 Å². The van der Waals surface area contributed by atoms with E-state index < -0.39 is 0 Å². The number of para-hydroxylation sites is 4. The first kappa shape index (κ1) is 54.1. The highest BCUT2D eigenvalue weighted by atomic mass is 15.2. The summed E-state index contributed by atoms with van der Waals surface area (Å²) in [6.07, 6.45) is 0. The molecule has 96 heavy (non-hydrogen) atoms. The molecule has 1 aromatic heterocycles. The Kier molecular flexibility index (Phi) is 12.1. The molecular formula is C92H58BN3. The van der Waals surface area contributed by atoms with Crippen LogP contribution in [0.2, 0.25) is 0 Å². The van der Waals surface area contributed by atoms with E-state index >= 15 is 0 Å². The van der Waals surface area contributed by atoms with Crippen LogP contribution in [-0.4, -0.2) is 11.3 Å². The van der Waals surface area contributed by atoms with Gasteiger partial charge in [0.25, 0.3) is 6.71 Å². The molecule has 0 bridgehead atoms. The molecule has 0 atom stereocenters. The van der Waals surface area contributed by atoms with E-state index in [1.807, 2.05) is 0 Å². The van der Waals surface area contributed by atoms with Crippen LogP contribution in [0.25, 0.3) is 137 Å². The first-order valence-electron chi connectivity index (χ1n) is 33.3. The van der Waals surface area contributed by atoms with E-state index in [1.165, 1.54) is 92.5 Å². The minimum atomic E-state index is -0.262. The maximum atomic E-state index is 2.68. The van der Waals surface area contributed by atoms with Crippen LogP contribution in [0.15, 0.2) is 352 Å². The van der Waals surface area contributed by atoms with E-state index in [0.29, 0.717) is 0 Å². The van der Waals surface area contributed by atoms with Crippen LogP contribution >= 0.6 is 0 Å². The number of aromatic nitrogens is 1. The summed E-state index contributed by atoms with van der Waals surface area (Å²) in [6, 6.07) is 132. The van der Waals surface area contributed by atoms with Gasteiger partial charge in [0.05, 0.1) is 28.1 Å². The maximum absolute atomic E-state index is 2.68. The second-order valence-electron chi connectivity index (χ2n) is 25.8. The zero-order chi connectivity index (χ0) is 63.0. The Balaban J connectivity index is 0.967. The van der Waals surface area contributed by atoms with E-state index in [4.69, 9.17) is 0 Å². The summed E-state index contributed by atoms with van der Waals surface area (Å²) in [4.78, 5) is 5.34. The number of rotatable bonds is 9. The van der Waals surface area contributed by atoms with Crippen molar-refractivity contribution < 1.29 is 0 Å². The monoisotopic (exact) mass is 1220 g/mol. The lowest BCUT2D eigenvalue weighted by molar-refractivity contribution is 1.16. The summed E-state index contributed by atoms with van der Waals surface area (Å²) in [7, 11) is 0. The Morgan fingerprint density at radius 1 is 0.219 bits per heavy atom. The Morgan fingerprint density at radius 2 is 0.583 bits per heavy atom. The van der Waals surface area contributed by atoms with Crippen LogP contribution in [0, 0.1) is 0 Å². The molecule has 0 N–H and O–H groups in total. The number of anilines is 6. The van der Waals surface area contributed by atoms with Gasteiger partial charge in [0.2, 0.25) is 0 Å². The second kappa shape index (κ2) is 21.5. The SMILES string of the molecule is c1ccc(-c2ccc3c(c2)B2c4cc(-c5cc6cccc7c8cccc9cccc(c(c5)c67)c98)ccc4N(c4c(-c5ccccc5)cccc4-c4ccccc4)c4cc(-n5c6ccccc6c6ccccc65)cc(c42)N3c2c(-c3ccccc3)cccc2-c2ccccc2)cc1. The molecule has 0 spiro atoms. The minimum Gasteiger partial charge on any atom is -0.310 e. The second-order valence-corrected chi connectivity index (χ2v) is 25.8. The van der Waals surface area contributed by atoms with Gasteiger partial charge in [0, 0.05) is 55.8 Å². The van der Waals surface area contributed by atoms with E-state index in [-0.39, 0.29) is 6.71 Å². The predicted octanol–water partition coefficient (Wildman–Crippen LogP) is 22.9. The average Bonchev–Trinajstić information content (AvgIpc) is 0.812. The Morgan fingerprint density at radius 3 is 1.04 bits per heavy atom. The largest absolute Gasteiger partial charge is 0.310 e. The van der Waals surface area contributed by atoms with Crippen molar-refractivity contribution in [2.75, 3.05) is 9.80 Å². The molecule has 3 heterocycles. The number of hydrogen-bond donors (Lipinski definition) is 0. The highest BCUT2D eigenvalue weighted by Gasteiger charge is 2.46.